The third-order valence-corrected chi connectivity index (χ3v) is 7.23. The molecule has 7 nitrogen and oxygen atoms in total. The first kappa shape index (κ1) is 28.1. The van der Waals surface area contributed by atoms with E-state index in [0.717, 1.165) is 29.6 Å². The van der Waals surface area contributed by atoms with Crippen molar-refractivity contribution in [3.8, 4) is 5.75 Å². The first-order chi connectivity index (χ1) is 17.1. The average Bonchev–Trinajstić information content (AvgIpc) is 2.88. The predicted molar refractivity (Wildman–Crippen MR) is 130 cm³/mol. The molecule has 0 atom stereocenters. The fraction of sp³-hybridized carbons (Fsp3) is 0.240. The van der Waals surface area contributed by atoms with Gasteiger partial charge < -0.3 is 26.9 Å². The highest BCUT2D eigenvalue weighted by molar-refractivity contribution is 7.92. The number of methoxy groups -OCH3 is 1. The van der Waals surface area contributed by atoms with Gasteiger partial charge in [0.1, 0.15) is 5.75 Å². The summed E-state index contributed by atoms with van der Waals surface area (Å²) in [5.74, 6) is 0.351. The molecular weight excluding hydrogens is 531 g/mol. The van der Waals surface area contributed by atoms with Gasteiger partial charge in [-0.1, -0.05) is 30.3 Å². The molecule has 1 aliphatic heterocycles. The van der Waals surface area contributed by atoms with E-state index >= 15 is 0 Å². The van der Waals surface area contributed by atoms with Crippen LogP contribution in [0.2, 0.25) is 0 Å². The fourth-order valence-electron chi connectivity index (χ4n) is 4.01. The standard InChI is InChI=1S/C25H24F3N3O4S.ClH/c1-35-23-12-5-4-11-22(23)30-13-15-31(16-14-30)24(32)20-9-2-3-10-21(20)29-36(33,34)19-8-6-7-18(17-19)25(26,27)28;/h2-12,17,29H,13-16H2,1H3;1H/p-1. The molecule has 1 fully saturated rings. The number of amides is 1. The third kappa shape index (κ3) is 6.28. The summed E-state index contributed by atoms with van der Waals surface area (Å²) in [6.45, 7) is 1.88. The Morgan fingerprint density at radius 1 is 0.919 bits per heavy atom. The number of nitrogens with zero attached hydrogens (tertiary/aromatic N) is 2. The Balaban J connectivity index is 0.00000380. The van der Waals surface area contributed by atoms with Gasteiger partial charge in [-0.25, -0.2) is 8.42 Å². The Bertz CT molecular complexity index is 1360. The molecule has 4 rings (SSSR count). The van der Waals surface area contributed by atoms with Gasteiger partial charge >= 0.3 is 6.18 Å². The molecule has 0 aliphatic carbocycles. The number of anilines is 2. The molecule has 3 aromatic rings. The lowest BCUT2D eigenvalue weighted by molar-refractivity contribution is -0.137. The van der Waals surface area contributed by atoms with E-state index in [1.165, 1.54) is 12.1 Å². The van der Waals surface area contributed by atoms with Crippen molar-refractivity contribution in [2.75, 3.05) is 42.9 Å². The number of sulfonamides is 1. The zero-order valence-corrected chi connectivity index (χ0v) is 21.3. The summed E-state index contributed by atoms with van der Waals surface area (Å²) >= 11 is 0. The number of carbonyl (C=O) groups is 1. The first-order valence-electron chi connectivity index (χ1n) is 11.1. The van der Waals surface area contributed by atoms with E-state index in [0.29, 0.717) is 32.2 Å². The van der Waals surface area contributed by atoms with Crippen LogP contribution in [0.5, 0.6) is 5.75 Å². The van der Waals surface area contributed by atoms with Crippen molar-refractivity contribution in [3.05, 3.63) is 83.9 Å². The molecule has 1 saturated heterocycles. The van der Waals surface area contributed by atoms with Crippen LogP contribution in [0.3, 0.4) is 0 Å². The third-order valence-electron chi connectivity index (χ3n) is 5.87. The van der Waals surface area contributed by atoms with Gasteiger partial charge in [0.2, 0.25) is 0 Å². The minimum Gasteiger partial charge on any atom is -1.00 e. The maximum absolute atomic E-state index is 13.3. The lowest BCUT2D eigenvalue weighted by Crippen LogP contribution is -3.00. The first-order valence-corrected chi connectivity index (χ1v) is 12.5. The van der Waals surface area contributed by atoms with Crippen molar-refractivity contribution >= 4 is 27.3 Å². The summed E-state index contributed by atoms with van der Waals surface area (Å²) in [4.78, 5) is 16.5. The van der Waals surface area contributed by atoms with Crippen LogP contribution in [0.25, 0.3) is 0 Å². The molecule has 1 aliphatic rings. The van der Waals surface area contributed by atoms with E-state index in [1.54, 1.807) is 24.1 Å². The zero-order chi connectivity index (χ0) is 25.9. The highest BCUT2D eigenvalue weighted by Gasteiger charge is 2.32. The van der Waals surface area contributed by atoms with Crippen molar-refractivity contribution in [3.63, 3.8) is 0 Å². The van der Waals surface area contributed by atoms with E-state index in [2.05, 4.69) is 9.62 Å². The second-order valence-corrected chi connectivity index (χ2v) is 9.81. The van der Waals surface area contributed by atoms with Crippen LogP contribution in [0.4, 0.5) is 24.5 Å². The summed E-state index contributed by atoms with van der Waals surface area (Å²) in [6, 6.07) is 17.1. The highest BCUT2D eigenvalue weighted by atomic mass is 35.5. The topological polar surface area (TPSA) is 79.0 Å². The maximum Gasteiger partial charge on any atom is 0.416 e. The number of hydrogen-bond acceptors (Lipinski definition) is 5. The molecule has 1 heterocycles. The van der Waals surface area contributed by atoms with Gasteiger partial charge in [-0.15, -0.1) is 0 Å². The quantitative estimate of drug-likeness (QED) is 0.499. The number of ether oxygens (including phenoxy) is 1. The number of rotatable bonds is 6. The Kier molecular flexibility index (Phi) is 8.60. The number of benzene rings is 3. The van der Waals surface area contributed by atoms with Crippen LogP contribution in [0, 0.1) is 0 Å². The Hall–Kier alpha value is -3.44. The lowest BCUT2D eigenvalue weighted by Gasteiger charge is -2.36. The van der Waals surface area contributed by atoms with Crippen LogP contribution < -0.4 is 26.8 Å². The van der Waals surface area contributed by atoms with Crippen LogP contribution >= 0.6 is 0 Å². The summed E-state index contributed by atoms with van der Waals surface area (Å²) in [5, 5.41) is 0. The summed E-state index contributed by atoms with van der Waals surface area (Å²) in [5.41, 5.74) is -0.0603. The molecule has 1 amide bonds. The molecule has 12 heteroatoms. The second-order valence-electron chi connectivity index (χ2n) is 8.13. The molecule has 0 radical (unpaired) electrons. The van der Waals surface area contributed by atoms with Crippen LogP contribution in [0.15, 0.2) is 77.7 Å². The lowest BCUT2D eigenvalue weighted by atomic mass is 10.1. The Morgan fingerprint density at radius 2 is 1.57 bits per heavy atom. The van der Waals surface area contributed by atoms with Crippen LogP contribution in [-0.4, -0.2) is 52.5 Å². The number of piperazine rings is 1. The summed E-state index contributed by atoms with van der Waals surface area (Å²) in [6.07, 6.45) is -4.69. The molecule has 0 bridgehead atoms. The Morgan fingerprint density at radius 3 is 2.24 bits per heavy atom. The van der Waals surface area contributed by atoms with Crippen molar-refractivity contribution in [1.29, 1.82) is 0 Å². The number of carbonyl (C=O) groups excluding carboxylic acids is 1. The summed E-state index contributed by atoms with van der Waals surface area (Å²) in [7, 11) is -2.79. The zero-order valence-electron chi connectivity index (χ0n) is 19.7. The largest absolute Gasteiger partial charge is 1.00 e. The van der Waals surface area contributed by atoms with Gasteiger partial charge in [0, 0.05) is 26.2 Å². The summed E-state index contributed by atoms with van der Waals surface area (Å²) < 4.78 is 72.6. The van der Waals surface area contributed by atoms with Crippen molar-refractivity contribution in [1.82, 2.24) is 4.90 Å². The average molecular weight is 555 g/mol. The van der Waals surface area contributed by atoms with E-state index in [9.17, 15) is 26.4 Å². The molecule has 0 saturated carbocycles. The van der Waals surface area contributed by atoms with E-state index in [-0.39, 0.29) is 29.6 Å². The van der Waals surface area contributed by atoms with Crippen LogP contribution in [-0.2, 0) is 16.2 Å². The molecule has 0 aromatic heterocycles. The van der Waals surface area contributed by atoms with Gasteiger partial charge in [0.25, 0.3) is 15.9 Å². The second kappa shape index (κ2) is 11.3. The smallest absolute Gasteiger partial charge is 0.416 e. The number of alkyl halides is 3. The SMILES string of the molecule is COc1ccccc1N1CCN(C(=O)c2ccccc2NS(=O)(=O)c2cccc(C(F)(F)F)c2)CC1.[Cl-]. The molecule has 198 valence electrons. The predicted octanol–water partition coefficient (Wildman–Crippen LogP) is 1.48. The highest BCUT2D eigenvalue weighted by Crippen LogP contribution is 2.32. The van der Waals surface area contributed by atoms with Crippen molar-refractivity contribution in [2.45, 2.75) is 11.1 Å². The Labute approximate surface area is 219 Å². The molecule has 3 aromatic carbocycles. The van der Waals surface area contributed by atoms with E-state index < -0.39 is 26.7 Å². The molecule has 0 spiro atoms. The number of para-hydroxylation sites is 3. The molecule has 1 N–H and O–H groups in total. The van der Waals surface area contributed by atoms with E-state index in [1.807, 2.05) is 24.3 Å². The number of halogens is 4. The van der Waals surface area contributed by atoms with Gasteiger partial charge in [0.05, 0.1) is 34.5 Å². The van der Waals surface area contributed by atoms with Crippen molar-refractivity contribution in [2.24, 2.45) is 0 Å². The minimum absolute atomic E-state index is 0. The minimum atomic E-state index is -4.69. The molecule has 37 heavy (non-hydrogen) atoms. The maximum atomic E-state index is 13.3. The number of hydrogen-bond donors (Lipinski definition) is 1. The van der Waals surface area contributed by atoms with Crippen LogP contribution in [0.1, 0.15) is 15.9 Å². The normalized spacial score (nSPS) is 14.1. The van der Waals surface area contributed by atoms with Crippen molar-refractivity contribution < 1.29 is 43.5 Å². The fourth-order valence-corrected chi connectivity index (χ4v) is 5.14. The van der Waals surface area contributed by atoms with Gasteiger partial charge in [-0.3, -0.25) is 9.52 Å². The number of nitrogens with one attached hydrogen (secondary N) is 1. The van der Waals surface area contributed by atoms with Gasteiger partial charge in [0.15, 0.2) is 0 Å². The van der Waals surface area contributed by atoms with Gasteiger partial charge in [-0.05, 0) is 42.5 Å². The molecule has 0 unspecified atom stereocenters. The molecular formula is C25H24ClF3N3O4S-. The van der Waals surface area contributed by atoms with Gasteiger partial charge in [-0.2, -0.15) is 13.2 Å². The monoisotopic (exact) mass is 554 g/mol. The van der Waals surface area contributed by atoms with E-state index in [4.69, 9.17) is 4.74 Å².